The lowest BCUT2D eigenvalue weighted by Crippen LogP contribution is -1.98. The highest BCUT2D eigenvalue weighted by molar-refractivity contribution is 8.02. The van der Waals surface area contributed by atoms with E-state index in [1.54, 1.807) is 18.4 Å². The highest BCUT2D eigenvalue weighted by Crippen LogP contribution is 2.40. The third kappa shape index (κ3) is 2.75. The van der Waals surface area contributed by atoms with Gasteiger partial charge in [-0.2, -0.15) is 13.2 Å². The van der Waals surface area contributed by atoms with Crippen molar-refractivity contribution in [1.82, 2.24) is 0 Å². The molecule has 0 aliphatic rings. The summed E-state index contributed by atoms with van der Waals surface area (Å²) in [4.78, 5) is 0. The molecule has 62 valence electrons. The Labute approximate surface area is 70.4 Å². The lowest BCUT2D eigenvalue weighted by molar-refractivity contribution is -0.0327. The van der Waals surface area contributed by atoms with Crippen LogP contribution in [-0.4, -0.2) is 5.51 Å². The van der Waals surface area contributed by atoms with E-state index in [4.69, 9.17) is 0 Å². The molecule has 0 aliphatic heterocycles. The minimum atomic E-state index is -4.16. The standard InChI is InChI=1S/C6H5F3S2/c1-4-2-3-10-5(4)11-6(7,8)9/h2-3H,1H3. The van der Waals surface area contributed by atoms with Crippen LogP contribution in [0.5, 0.6) is 0 Å². The zero-order valence-electron chi connectivity index (χ0n) is 5.61. The smallest absolute Gasteiger partial charge is 0.160 e. The predicted molar refractivity (Wildman–Crippen MR) is 41.0 cm³/mol. The lowest BCUT2D eigenvalue weighted by atomic mass is 10.4. The van der Waals surface area contributed by atoms with Crippen LogP contribution in [0.15, 0.2) is 15.7 Å². The fourth-order valence-electron chi connectivity index (χ4n) is 0.569. The normalized spacial score (nSPS) is 12.0. The Kier molecular flexibility index (Phi) is 2.49. The van der Waals surface area contributed by atoms with E-state index in [-0.39, 0.29) is 11.8 Å². The van der Waals surface area contributed by atoms with Crippen molar-refractivity contribution in [2.45, 2.75) is 16.6 Å². The van der Waals surface area contributed by atoms with Crippen molar-refractivity contribution >= 4 is 23.1 Å². The Morgan fingerprint density at radius 2 is 2.09 bits per heavy atom. The van der Waals surface area contributed by atoms with Crippen molar-refractivity contribution in [3.05, 3.63) is 17.0 Å². The van der Waals surface area contributed by atoms with E-state index >= 15 is 0 Å². The van der Waals surface area contributed by atoms with Gasteiger partial charge in [-0.15, -0.1) is 11.3 Å². The number of thiophene rings is 1. The van der Waals surface area contributed by atoms with Crippen LogP contribution < -0.4 is 0 Å². The van der Waals surface area contributed by atoms with Gasteiger partial charge in [0, 0.05) is 0 Å². The molecule has 1 rings (SSSR count). The van der Waals surface area contributed by atoms with Gasteiger partial charge in [-0.1, -0.05) is 0 Å². The average molecular weight is 198 g/mol. The molecule has 0 amide bonds. The van der Waals surface area contributed by atoms with E-state index in [1.165, 1.54) is 0 Å². The molecule has 0 N–H and O–H groups in total. The van der Waals surface area contributed by atoms with Gasteiger partial charge in [0.2, 0.25) is 0 Å². The van der Waals surface area contributed by atoms with Crippen LogP contribution in [0.2, 0.25) is 0 Å². The number of hydrogen-bond acceptors (Lipinski definition) is 2. The van der Waals surface area contributed by atoms with E-state index in [1.807, 2.05) is 0 Å². The van der Waals surface area contributed by atoms with Crippen molar-refractivity contribution in [1.29, 1.82) is 0 Å². The van der Waals surface area contributed by atoms with Crippen molar-refractivity contribution in [3.63, 3.8) is 0 Å². The first-order chi connectivity index (χ1) is 4.99. The number of halogens is 3. The maximum atomic E-state index is 11.8. The predicted octanol–water partition coefficient (Wildman–Crippen LogP) is 3.67. The van der Waals surface area contributed by atoms with Gasteiger partial charge in [-0.25, -0.2) is 0 Å². The van der Waals surface area contributed by atoms with Gasteiger partial charge in [0.15, 0.2) is 0 Å². The first-order valence-electron chi connectivity index (χ1n) is 2.79. The summed E-state index contributed by atoms with van der Waals surface area (Å²) < 4.78 is 35.6. The fraction of sp³-hybridized carbons (Fsp3) is 0.333. The number of thioether (sulfide) groups is 1. The topological polar surface area (TPSA) is 0 Å². The van der Waals surface area contributed by atoms with Crippen LogP contribution in [0.25, 0.3) is 0 Å². The Balaban J connectivity index is 2.72. The van der Waals surface area contributed by atoms with Crippen LogP contribution in [0.4, 0.5) is 13.2 Å². The Hall–Kier alpha value is -0.160. The van der Waals surface area contributed by atoms with E-state index in [2.05, 4.69) is 0 Å². The van der Waals surface area contributed by atoms with Gasteiger partial charge in [0.1, 0.15) is 0 Å². The second-order valence-corrected chi connectivity index (χ2v) is 4.19. The summed E-state index contributed by atoms with van der Waals surface area (Å²) in [6.07, 6.45) is 0. The molecule has 11 heavy (non-hydrogen) atoms. The fourth-order valence-corrected chi connectivity index (χ4v) is 2.30. The van der Waals surface area contributed by atoms with Gasteiger partial charge in [-0.3, -0.25) is 0 Å². The molecule has 0 bridgehead atoms. The van der Waals surface area contributed by atoms with Crippen molar-refractivity contribution < 1.29 is 13.2 Å². The summed E-state index contributed by atoms with van der Waals surface area (Å²) in [5.74, 6) is 0. The molecule has 1 aromatic rings. The maximum Gasteiger partial charge on any atom is 0.447 e. The second-order valence-electron chi connectivity index (χ2n) is 1.94. The molecule has 0 atom stereocenters. The molecular weight excluding hydrogens is 193 g/mol. The van der Waals surface area contributed by atoms with Crippen LogP contribution in [0.3, 0.4) is 0 Å². The Morgan fingerprint density at radius 1 is 1.45 bits per heavy atom. The zero-order chi connectivity index (χ0) is 8.48. The largest absolute Gasteiger partial charge is 0.447 e. The second kappa shape index (κ2) is 3.06. The molecule has 5 heteroatoms. The molecule has 0 aromatic carbocycles. The summed E-state index contributed by atoms with van der Waals surface area (Å²) in [7, 11) is 0. The summed E-state index contributed by atoms with van der Waals surface area (Å²) in [6, 6.07) is 1.68. The van der Waals surface area contributed by atoms with Gasteiger partial charge in [0.05, 0.1) is 4.21 Å². The Morgan fingerprint density at radius 3 is 2.45 bits per heavy atom. The third-order valence-corrected chi connectivity index (χ3v) is 3.11. The van der Waals surface area contributed by atoms with Crippen LogP contribution in [-0.2, 0) is 0 Å². The molecular formula is C6H5F3S2. The quantitative estimate of drug-likeness (QED) is 0.620. The van der Waals surface area contributed by atoms with Gasteiger partial charge in [-0.05, 0) is 35.7 Å². The van der Waals surface area contributed by atoms with Crippen molar-refractivity contribution in [2.24, 2.45) is 0 Å². The van der Waals surface area contributed by atoms with Gasteiger partial charge >= 0.3 is 5.51 Å². The van der Waals surface area contributed by atoms with E-state index in [0.29, 0.717) is 9.77 Å². The molecule has 1 heterocycles. The van der Waals surface area contributed by atoms with E-state index in [9.17, 15) is 13.2 Å². The zero-order valence-corrected chi connectivity index (χ0v) is 7.24. The molecule has 0 nitrogen and oxygen atoms in total. The number of aryl methyl sites for hydroxylation is 1. The molecule has 1 aromatic heterocycles. The minimum Gasteiger partial charge on any atom is -0.160 e. The van der Waals surface area contributed by atoms with E-state index in [0.717, 1.165) is 11.3 Å². The molecule has 0 saturated heterocycles. The molecule has 0 unspecified atom stereocenters. The summed E-state index contributed by atoms with van der Waals surface area (Å²) >= 11 is 1.07. The maximum absolute atomic E-state index is 11.8. The number of alkyl halides is 3. The van der Waals surface area contributed by atoms with Gasteiger partial charge in [0.25, 0.3) is 0 Å². The molecule has 0 aliphatic carbocycles. The van der Waals surface area contributed by atoms with Crippen molar-refractivity contribution in [3.8, 4) is 0 Å². The van der Waals surface area contributed by atoms with Crippen LogP contribution in [0.1, 0.15) is 5.56 Å². The summed E-state index contributed by atoms with van der Waals surface area (Å²) in [6.45, 7) is 1.67. The minimum absolute atomic E-state index is 0.0475. The number of hydrogen-bond donors (Lipinski definition) is 0. The molecule has 0 spiro atoms. The highest BCUT2D eigenvalue weighted by Gasteiger charge is 2.30. The molecule has 0 saturated carbocycles. The average Bonchev–Trinajstić information content (AvgIpc) is 2.12. The lowest BCUT2D eigenvalue weighted by Gasteiger charge is -2.02. The molecule has 0 radical (unpaired) electrons. The highest BCUT2D eigenvalue weighted by atomic mass is 32.2. The monoisotopic (exact) mass is 198 g/mol. The Bertz CT molecular complexity index is 238. The van der Waals surface area contributed by atoms with Crippen molar-refractivity contribution in [2.75, 3.05) is 0 Å². The van der Waals surface area contributed by atoms with E-state index < -0.39 is 5.51 Å². The number of rotatable bonds is 1. The first-order valence-corrected chi connectivity index (χ1v) is 4.48. The summed E-state index contributed by atoms with van der Waals surface area (Å²) in [5, 5.41) is 1.66. The molecule has 0 fully saturated rings. The SMILES string of the molecule is Cc1ccsc1SC(F)(F)F. The third-order valence-electron chi connectivity index (χ3n) is 1.02. The summed E-state index contributed by atoms with van der Waals surface area (Å²) in [5.41, 5.74) is -3.47. The van der Waals surface area contributed by atoms with Gasteiger partial charge < -0.3 is 0 Å². The first kappa shape index (κ1) is 8.93. The van der Waals surface area contributed by atoms with Crippen LogP contribution >= 0.6 is 23.1 Å². The van der Waals surface area contributed by atoms with Crippen LogP contribution in [0, 0.1) is 6.92 Å².